The van der Waals surface area contributed by atoms with Crippen molar-refractivity contribution < 1.29 is 0 Å². The topological polar surface area (TPSA) is 112 Å². The third-order valence-electron chi connectivity index (χ3n) is 5.42. The number of fused-ring (bicyclic) bond motifs is 1. The lowest BCUT2D eigenvalue weighted by Crippen LogP contribution is -2.13. The number of nitrogens with one attached hydrogen (secondary N) is 1. The summed E-state index contributed by atoms with van der Waals surface area (Å²) in [5.74, 6) is 0. The Bertz CT molecular complexity index is 1820. The summed E-state index contributed by atoms with van der Waals surface area (Å²) in [6, 6.07) is 26.6. The number of aromatic nitrogens is 4. The average Bonchev–Trinajstić information content (AvgIpc) is 3.65. The van der Waals surface area contributed by atoms with Crippen molar-refractivity contribution in [2.75, 3.05) is 0 Å². The second kappa shape index (κ2) is 9.14. The lowest BCUT2D eigenvalue weighted by molar-refractivity contribution is 0.843. The third-order valence-corrected chi connectivity index (χ3v) is 7.15. The van der Waals surface area contributed by atoms with Gasteiger partial charge in [-0.1, -0.05) is 72.0 Å². The number of hydrogen-bond donors (Lipinski definition) is 1. The van der Waals surface area contributed by atoms with E-state index < -0.39 is 0 Å². The number of aromatic amines is 1. The molecule has 3 aromatic heterocycles. The Labute approximate surface area is 212 Å². The molecule has 0 aliphatic heterocycles. The number of nitriles is 1. The van der Waals surface area contributed by atoms with Crippen LogP contribution in [0, 0.1) is 11.3 Å². The molecule has 10 heteroatoms. The van der Waals surface area contributed by atoms with Gasteiger partial charge in [-0.25, -0.2) is 9.97 Å². The van der Waals surface area contributed by atoms with E-state index in [0.29, 0.717) is 21.5 Å². The average molecular weight is 506 g/mol. The van der Waals surface area contributed by atoms with Gasteiger partial charge in [0.25, 0.3) is 0 Å². The maximum atomic E-state index is 13.5. The quantitative estimate of drug-likeness (QED) is 0.258. The fraction of sp³-hybridized carbons (Fsp3) is 0. The van der Waals surface area contributed by atoms with Crippen LogP contribution in [0.25, 0.3) is 37.9 Å². The van der Waals surface area contributed by atoms with Crippen molar-refractivity contribution in [3.8, 4) is 33.7 Å². The van der Waals surface area contributed by atoms with Gasteiger partial charge in [-0.05, 0) is 18.2 Å². The molecule has 0 atom stereocenters. The molecule has 0 amide bonds. The van der Waals surface area contributed by atoms with E-state index in [0.717, 1.165) is 27.0 Å². The minimum absolute atomic E-state index is 0.162. The van der Waals surface area contributed by atoms with Gasteiger partial charge >= 0.3 is 5.56 Å². The summed E-state index contributed by atoms with van der Waals surface area (Å²) < 4.78 is 2.22. The van der Waals surface area contributed by atoms with E-state index in [-0.39, 0.29) is 11.2 Å². The van der Waals surface area contributed by atoms with E-state index in [4.69, 9.17) is 5.26 Å². The highest BCUT2D eigenvalue weighted by Gasteiger charge is 2.19. The molecule has 0 fully saturated rings. The first kappa shape index (κ1) is 21.8. The second-order valence-electron chi connectivity index (χ2n) is 7.71. The summed E-state index contributed by atoms with van der Waals surface area (Å²) in [6.07, 6.45) is 0. The second-order valence-corrected chi connectivity index (χ2v) is 9.56. The molecule has 0 unspecified atom stereocenters. The van der Waals surface area contributed by atoms with Crippen LogP contribution in [-0.2, 0) is 0 Å². The number of hydrogen-bond acceptors (Lipinski definition) is 8. The van der Waals surface area contributed by atoms with Crippen LogP contribution in [0.1, 0.15) is 5.56 Å². The molecule has 3 aromatic carbocycles. The minimum Gasteiger partial charge on any atom is -0.286 e. The lowest BCUT2D eigenvalue weighted by Gasteiger charge is -1.98. The zero-order valence-corrected chi connectivity index (χ0v) is 20.1. The van der Waals surface area contributed by atoms with Crippen molar-refractivity contribution in [2.24, 2.45) is 10.2 Å². The summed E-state index contributed by atoms with van der Waals surface area (Å²) in [5, 5.41) is 23.7. The zero-order chi connectivity index (χ0) is 24.5. The minimum atomic E-state index is -0.362. The van der Waals surface area contributed by atoms with Crippen LogP contribution in [0.2, 0.25) is 0 Å². The number of rotatable bonds is 5. The first-order valence-corrected chi connectivity index (χ1v) is 12.5. The smallest absolute Gasteiger partial charge is 0.286 e. The van der Waals surface area contributed by atoms with Crippen LogP contribution in [0.4, 0.5) is 10.8 Å². The third kappa shape index (κ3) is 4.02. The van der Waals surface area contributed by atoms with E-state index >= 15 is 0 Å². The van der Waals surface area contributed by atoms with Gasteiger partial charge in [0.15, 0.2) is 5.69 Å². The molecule has 0 saturated carbocycles. The molecule has 1 N–H and O–H groups in total. The SMILES string of the molecule is N#Cc1ccc2nc(N=Nc3c(-c4ccccc4)[nH]n(-c4nc(-c5ccccc5)cs4)c3=O)sc2c1. The van der Waals surface area contributed by atoms with Gasteiger partial charge in [0, 0.05) is 16.5 Å². The molecule has 8 nitrogen and oxygen atoms in total. The van der Waals surface area contributed by atoms with Crippen molar-refractivity contribution in [1.82, 2.24) is 19.7 Å². The van der Waals surface area contributed by atoms with Crippen LogP contribution in [-0.4, -0.2) is 19.7 Å². The normalized spacial score (nSPS) is 11.3. The van der Waals surface area contributed by atoms with Gasteiger partial charge in [0.2, 0.25) is 10.3 Å². The van der Waals surface area contributed by atoms with Crippen molar-refractivity contribution in [1.29, 1.82) is 5.26 Å². The lowest BCUT2D eigenvalue weighted by atomic mass is 10.1. The van der Waals surface area contributed by atoms with Crippen LogP contribution in [0.15, 0.2) is 99.3 Å². The van der Waals surface area contributed by atoms with E-state index in [9.17, 15) is 4.79 Å². The van der Waals surface area contributed by atoms with Crippen LogP contribution >= 0.6 is 22.7 Å². The summed E-state index contributed by atoms with van der Waals surface area (Å²) in [6.45, 7) is 0. The van der Waals surface area contributed by atoms with E-state index in [1.165, 1.54) is 27.4 Å². The van der Waals surface area contributed by atoms with Gasteiger partial charge in [-0.15, -0.1) is 21.6 Å². The molecule has 6 aromatic rings. The monoisotopic (exact) mass is 505 g/mol. The van der Waals surface area contributed by atoms with Gasteiger partial charge < -0.3 is 0 Å². The predicted octanol–water partition coefficient (Wildman–Crippen LogP) is 6.85. The van der Waals surface area contributed by atoms with E-state index in [2.05, 4.69) is 31.4 Å². The maximum Gasteiger partial charge on any atom is 0.301 e. The zero-order valence-electron chi connectivity index (χ0n) is 18.5. The first-order chi connectivity index (χ1) is 17.7. The van der Waals surface area contributed by atoms with Crippen molar-refractivity contribution >= 4 is 43.7 Å². The molecule has 0 aliphatic rings. The molecule has 0 bridgehead atoms. The molecule has 0 spiro atoms. The summed E-state index contributed by atoms with van der Waals surface area (Å²) in [5.41, 5.74) is 4.16. The Morgan fingerprint density at radius 3 is 2.42 bits per heavy atom. The molecule has 36 heavy (non-hydrogen) atoms. The standard InChI is InChI=1S/C26H15N7OS2/c27-14-16-11-12-19-21(13-16)36-25(28-19)31-30-23-22(18-9-5-2-6-10-18)32-33(24(23)34)26-29-20(15-35-26)17-7-3-1-4-8-17/h1-13,15,32H. The van der Waals surface area contributed by atoms with Gasteiger partial charge in [-0.3, -0.25) is 9.89 Å². The largest absolute Gasteiger partial charge is 0.301 e. The van der Waals surface area contributed by atoms with E-state index in [1.54, 1.807) is 18.2 Å². The predicted molar refractivity (Wildman–Crippen MR) is 141 cm³/mol. The van der Waals surface area contributed by atoms with Crippen molar-refractivity contribution in [2.45, 2.75) is 0 Å². The van der Waals surface area contributed by atoms with Crippen LogP contribution in [0.5, 0.6) is 0 Å². The molecular weight excluding hydrogens is 490 g/mol. The first-order valence-electron chi connectivity index (χ1n) is 10.8. The Kier molecular flexibility index (Phi) is 5.53. The van der Waals surface area contributed by atoms with Crippen molar-refractivity contribution in [3.05, 3.63) is 100 Å². The van der Waals surface area contributed by atoms with Gasteiger partial charge in [0.05, 0.1) is 33.2 Å². The summed E-state index contributed by atoms with van der Waals surface area (Å²) in [4.78, 5) is 22.6. The molecule has 0 radical (unpaired) electrons. The molecule has 0 saturated heterocycles. The Hall–Kier alpha value is -4.72. The summed E-state index contributed by atoms with van der Waals surface area (Å²) in [7, 11) is 0. The molecule has 172 valence electrons. The number of H-pyrrole nitrogens is 1. The summed E-state index contributed by atoms with van der Waals surface area (Å²) >= 11 is 2.67. The van der Waals surface area contributed by atoms with Gasteiger partial charge in [0.1, 0.15) is 0 Å². The Balaban J connectivity index is 1.43. The highest BCUT2D eigenvalue weighted by atomic mass is 32.1. The Morgan fingerprint density at radius 1 is 0.917 bits per heavy atom. The molecule has 3 heterocycles. The maximum absolute atomic E-state index is 13.5. The van der Waals surface area contributed by atoms with Gasteiger partial charge in [-0.2, -0.15) is 9.94 Å². The number of nitrogens with zero attached hydrogens (tertiary/aromatic N) is 6. The Morgan fingerprint density at radius 2 is 1.67 bits per heavy atom. The molecule has 6 rings (SSSR count). The fourth-order valence-electron chi connectivity index (χ4n) is 3.69. The highest BCUT2D eigenvalue weighted by Crippen LogP contribution is 2.32. The van der Waals surface area contributed by atoms with E-state index in [1.807, 2.05) is 66.0 Å². The number of thiazole rings is 2. The molecular formula is C26H15N7OS2. The van der Waals surface area contributed by atoms with Crippen LogP contribution < -0.4 is 5.56 Å². The highest BCUT2D eigenvalue weighted by molar-refractivity contribution is 7.21. The van der Waals surface area contributed by atoms with Crippen LogP contribution in [0.3, 0.4) is 0 Å². The number of azo groups is 1. The fourth-order valence-corrected chi connectivity index (χ4v) is 5.31. The van der Waals surface area contributed by atoms with Crippen molar-refractivity contribution in [3.63, 3.8) is 0 Å². The number of benzene rings is 3. The molecule has 0 aliphatic carbocycles.